The maximum atomic E-state index is 9.49. The van der Waals surface area contributed by atoms with Gasteiger partial charge in [0.05, 0.1) is 5.57 Å². The van der Waals surface area contributed by atoms with E-state index in [4.69, 9.17) is 5.26 Å². The molecule has 0 heterocycles. The van der Waals surface area contributed by atoms with Crippen molar-refractivity contribution in [3.63, 3.8) is 0 Å². The maximum Gasteiger partial charge on any atom is 0.199 e. The summed E-state index contributed by atoms with van der Waals surface area (Å²) < 4.78 is 0. The van der Waals surface area contributed by atoms with Gasteiger partial charge in [0.15, 0.2) is 5.79 Å². The van der Waals surface area contributed by atoms with Crippen molar-refractivity contribution >= 4 is 0 Å². The number of hydrogen-bond donors (Lipinski definition) is 2. The van der Waals surface area contributed by atoms with Gasteiger partial charge in [0.25, 0.3) is 0 Å². The van der Waals surface area contributed by atoms with Crippen LogP contribution in [0.4, 0.5) is 0 Å². The summed E-state index contributed by atoms with van der Waals surface area (Å²) in [5.74, 6) is -1.95. The Labute approximate surface area is 79.3 Å². The Hall–Kier alpha value is -0.850. The summed E-state index contributed by atoms with van der Waals surface area (Å²) in [6, 6.07) is 1.87. The third kappa shape index (κ3) is 2.83. The molecular weight excluding hydrogens is 166 g/mol. The summed E-state index contributed by atoms with van der Waals surface area (Å²) in [7, 11) is 0. The van der Waals surface area contributed by atoms with E-state index in [1.54, 1.807) is 6.92 Å². The predicted octanol–water partition coefficient (Wildman–Crippen LogP) is 1.72. The Morgan fingerprint density at radius 1 is 1.23 bits per heavy atom. The SMILES string of the molecule is CCC(CC)=C(C#N)C(O)(O)CC. The van der Waals surface area contributed by atoms with Crippen LogP contribution in [-0.2, 0) is 0 Å². The monoisotopic (exact) mass is 183 g/mol. The Morgan fingerprint density at radius 2 is 1.69 bits per heavy atom. The largest absolute Gasteiger partial charge is 0.361 e. The molecule has 3 nitrogen and oxygen atoms in total. The van der Waals surface area contributed by atoms with E-state index in [0.717, 1.165) is 5.57 Å². The quantitative estimate of drug-likeness (QED) is 0.515. The zero-order valence-electron chi connectivity index (χ0n) is 8.46. The van der Waals surface area contributed by atoms with E-state index in [1.807, 2.05) is 19.9 Å². The number of nitriles is 1. The highest BCUT2D eigenvalue weighted by Crippen LogP contribution is 2.23. The average molecular weight is 183 g/mol. The highest BCUT2D eigenvalue weighted by molar-refractivity contribution is 5.33. The highest BCUT2D eigenvalue weighted by Gasteiger charge is 2.28. The van der Waals surface area contributed by atoms with Gasteiger partial charge in [-0.2, -0.15) is 5.26 Å². The zero-order chi connectivity index (χ0) is 10.5. The molecule has 0 saturated heterocycles. The fraction of sp³-hybridized carbons (Fsp3) is 0.700. The van der Waals surface area contributed by atoms with Crippen LogP contribution < -0.4 is 0 Å². The second-order valence-corrected chi connectivity index (χ2v) is 2.97. The van der Waals surface area contributed by atoms with Gasteiger partial charge in [0, 0.05) is 6.42 Å². The predicted molar refractivity (Wildman–Crippen MR) is 50.7 cm³/mol. The lowest BCUT2D eigenvalue weighted by molar-refractivity contribution is -0.126. The van der Waals surface area contributed by atoms with Crippen LogP contribution in [0.5, 0.6) is 0 Å². The number of allylic oxidation sites excluding steroid dienone is 1. The van der Waals surface area contributed by atoms with E-state index in [2.05, 4.69) is 0 Å². The fourth-order valence-electron chi connectivity index (χ4n) is 1.23. The lowest BCUT2D eigenvalue weighted by Gasteiger charge is -2.21. The summed E-state index contributed by atoms with van der Waals surface area (Å²) in [6.07, 6.45) is 1.50. The van der Waals surface area contributed by atoms with Crippen LogP contribution in [0.15, 0.2) is 11.1 Å². The summed E-state index contributed by atoms with van der Waals surface area (Å²) >= 11 is 0. The molecule has 0 fully saturated rings. The molecule has 0 rings (SSSR count). The summed E-state index contributed by atoms with van der Waals surface area (Å²) in [4.78, 5) is 0. The van der Waals surface area contributed by atoms with Crippen LogP contribution in [0.3, 0.4) is 0 Å². The van der Waals surface area contributed by atoms with Crippen LogP contribution in [0.25, 0.3) is 0 Å². The van der Waals surface area contributed by atoms with Crippen molar-refractivity contribution in [1.29, 1.82) is 5.26 Å². The number of aliphatic hydroxyl groups is 2. The normalized spacial score (nSPS) is 10.8. The van der Waals surface area contributed by atoms with Gasteiger partial charge in [-0.15, -0.1) is 0 Å². The van der Waals surface area contributed by atoms with E-state index in [0.29, 0.717) is 12.8 Å². The Morgan fingerprint density at radius 3 is 1.92 bits per heavy atom. The molecule has 0 saturated carbocycles. The highest BCUT2D eigenvalue weighted by atomic mass is 16.5. The molecule has 0 aromatic rings. The summed E-state index contributed by atoms with van der Waals surface area (Å²) in [5.41, 5.74) is 0.925. The van der Waals surface area contributed by atoms with E-state index >= 15 is 0 Å². The molecule has 0 aliphatic rings. The second-order valence-electron chi connectivity index (χ2n) is 2.97. The number of nitrogens with zero attached hydrogens (tertiary/aromatic N) is 1. The van der Waals surface area contributed by atoms with E-state index in [1.165, 1.54) is 0 Å². The smallest absolute Gasteiger partial charge is 0.199 e. The van der Waals surface area contributed by atoms with Crippen LogP contribution in [0.1, 0.15) is 40.0 Å². The molecule has 2 N–H and O–H groups in total. The number of rotatable bonds is 4. The molecule has 0 atom stereocenters. The average Bonchev–Trinajstić information content (AvgIpc) is 2.13. The van der Waals surface area contributed by atoms with E-state index in [9.17, 15) is 10.2 Å². The molecule has 0 spiro atoms. The lowest BCUT2D eigenvalue weighted by Crippen LogP contribution is -2.30. The van der Waals surface area contributed by atoms with Gasteiger partial charge < -0.3 is 10.2 Å². The third-order valence-corrected chi connectivity index (χ3v) is 2.21. The minimum Gasteiger partial charge on any atom is -0.361 e. The first-order valence-corrected chi connectivity index (χ1v) is 4.60. The zero-order valence-corrected chi connectivity index (χ0v) is 8.46. The first kappa shape index (κ1) is 12.2. The molecule has 13 heavy (non-hydrogen) atoms. The Bertz CT molecular complexity index is 230. The van der Waals surface area contributed by atoms with Gasteiger partial charge in [-0.05, 0) is 12.8 Å². The van der Waals surface area contributed by atoms with Crippen LogP contribution in [0, 0.1) is 11.3 Å². The van der Waals surface area contributed by atoms with Crippen molar-refractivity contribution in [1.82, 2.24) is 0 Å². The van der Waals surface area contributed by atoms with Crippen molar-refractivity contribution in [2.24, 2.45) is 0 Å². The minimum atomic E-state index is -1.95. The fourth-order valence-corrected chi connectivity index (χ4v) is 1.23. The summed E-state index contributed by atoms with van der Waals surface area (Å²) in [5, 5.41) is 27.8. The molecule has 74 valence electrons. The molecule has 0 amide bonds. The van der Waals surface area contributed by atoms with Crippen LogP contribution in [0.2, 0.25) is 0 Å². The molecule has 0 aliphatic carbocycles. The standard InChI is InChI=1S/C10H17NO2/c1-4-8(5-2)9(7-11)10(12,13)6-3/h12-13H,4-6H2,1-3H3. The molecular formula is C10H17NO2. The molecule has 0 radical (unpaired) electrons. The van der Waals surface area contributed by atoms with Gasteiger partial charge in [0.2, 0.25) is 0 Å². The van der Waals surface area contributed by atoms with Crippen molar-refractivity contribution in [3.05, 3.63) is 11.1 Å². The van der Waals surface area contributed by atoms with Crippen molar-refractivity contribution < 1.29 is 10.2 Å². The lowest BCUT2D eigenvalue weighted by atomic mass is 9.95. The molecule has 0 unspecified atom stereocenters. The minimum absolute atomic E-state index is 0.111. The molecule has 3 heteroatoms. The van der Waals surface area contributed by atoms with Crippen molar-refractivity contribution in [3.8, 4) is 6.07 Å². The third-order valence-electron chi connectivity index (χ3n) is 2.21. The van der Waals surface area contributed by atoms with Gasteiger partial charge in [-0.25, -0.2) is 0 Å². The van der Waals surface area contributed by atoms with E-state index in [-0.39, 0.29) is 12.0 Å². The molecule has 0 aliphatic heterocycles. The Balaban J connectivity index is 5.10. The van der Waals surface area contributed by atoms with Gasteiger partial charge in [-0.3, -0.25) is 0 Å². The number of hydrogen-bond acceptors (Lipinski definition) is 3. The van der Waals surface area contributed by atoms with Crippen molar-refractivity contribution in [2.45, 2.75) is 45.8 Å². The van der Waals surface area contributed by atoms with Gasteiger partial charge in [0.1, 0.15) is 6.07 Å². The van der Waals surface area contributed by atoms with E-state index < -0.39 is 5.79 Å². The second kappa shape index (κ2) is 5.00. The molecule has 0 aromatic carbocycles. The first-order valence-electron chi connectivity index (χ1n) is 4.60. The van der Waals surface area contributed by atoms with Gasteiger partial charge in [-0.1, -0.05) is 26.3 Å². The maximum absolute atomic E-state index is 9.49. The topological polar surface area (TPSA) is 64.2 Å². The van der Waals surface area contributed by atoms with Crippen molar-refractivity contribution in [2.75, 3.05) is 0 Å². The van der Waals surface area contributed by atoms with Gasteiger partial charge >= 0.3 is 0 Å². The first-order chi connectivity index (χ1) is 6.03. The molecule has 0 aromatic heterocycles. The van der Waals surface area contributed by atoms with Crippen LogP contribution in [-0.4, -0.2) is 16.0 Å². The Kier molecular flexibility index (Phi) is 4.68. The molecule has 0 bridgehead atoms. The summed E-state index contributed by atoms with van der Waals surface area (Å²) in [6.45, 7) is 5.45. The van der Waals surface area contributed by atoms with Crippen LogP contribution >= 0.6 is 0 Å².